The first-order valence-corrected chi connectivity index (χ1v) is 8.74. The van der Waals surface area contributed by atoms with Gasteiger partial charge in [0.1, 0.15) is 0 Å². The third-order valence-corrected chi connectivity index (χ3v) is 4.66. The Kier molecular flexibility index (Phi) is 7.32. The van der Waals surface area contributed by atoms with Gasteiger partial charge in [0.05, 0.1) is 31.8 Å². The summed E-state index contributed by atoms with van der Waals surface area (Å²) in [5.41, 5.74) is 0. The fourth-order valence-corrected chi connectivity index (χ4v) is 3.29. The summed E-state index contributed by atoms with van der Waals surface area (Å²) in [6.45, 7) is 5.42. The molecule has 0 spiro atoms. The number of aliphatic hydroxyl groups excluding tert-OH is 1. The van der Waals surface area contributed by atoms with Crippen LogP contribution in [0.3, 0.4) is 0 Å². The summed E-state index contributed by atoms with van der Waals surface area (Å²) in [6, 6.07) is 4.02. The average Bonchev–Trinajstić information content (AvgIpc) is 3.01. The zero-order valence-electron chi connectivity index (χ0n) is 13.1. The maximum Gasteiger partial charge on any atom is 0.309 e. The standard InChI is InChI=1S/C16H25NO4S/c1-2-21-16(19)13-5-7-17(8-6-13)10-14(18)11-20-12-15-4-3-9-22-15/h3-4,9,13-14,18H,2,5-8,10-12H2,1H3/t14-/m0/s1. The highest BCUT2D eigenvalue weighted by Gasteiger charge is 2.26. The molecule has 1 aromatic rings. The third-order valence-electron chi connectivity index (χ3n) is 3.81. The predicted octanol–water partition coefficient (Wildman–Crippen LogP) is 1.90. The summed E-state index contributed by atoms with van der Waals surface area (Å²) in [7, 11) is 0. The van der Waals surface area contributed by atoms with Crippen molar-refractivity contribution in [3.63, 3.8) is 0 Å². The number of likely N-dealkylation sites (tertiary alicyclic amines) is 1. The van der Waals surface area contributed by atoms with E-state index in [0.29, 0.717) is 26.4 Å². The zero-order chi connectivity index (χ0) is 15.8. The van der Waals surface area contributed by atoms with Crippen molar-refractivity contribution in [2.45, 2.75) is 32.5 Å². The number of hydrogen-bond acceptors (Lipinski definition) is 6. The molecule has 22 heavy (non-hydrogen) atoms. The number of β-amino-alcohol motifs (C(OH)–C–C–N with tert-alkyl or cyclic N) is 1. The van der Waals surface area contributed by atoms with Crippen molar-refractivity contribution in [3.8, 4) is 0 Å². The molecule has 1 N–H and O–H groups in total. The molecule has 1 aliphatic rings. The van der Waals surface area contributed by atoms with E-state index in [0.717, 1.165) is 25.9 Å². The molecule has 124 valence electrons. The quantitative estimate of drug-likeness (QED) is 0.739. The predicted molar refractivity (Wildman–Crippen MR) is 85.8 cm³/mol. The number of carbonyl (C=O) groups excluding carboxylic acids is 1. The Balaban J connectivity index is 1.60. The molecule has 0 saturated carbocycles. The Morgan fingerprint density at radius 2 is 2.27 bits per heavy atom. The Labute approximate surface area is 135 Å². The van der Waals surface area contributed by atoms with Gasteiger partial charge in [0.25, 0.3) is 0 Å². The van der Waals surface area contributed by atoms with Crippen molar-refractivity contribution < 1.29 is 19.4 Å². The van der Waals surface area contributed by atoms with Crippen LogP contribution in [0.15, 0.2) is 17.5 Å². The minimum Gasteiger partial charge on any atom is -0.466 e. The van der Waals surface area contributed by atoms with Crippen molar-refractivity contribution in [2.24, 2.45) is 5.92 Å². The van der Waals surface area contributed by atoms with Crippen LogP contribution >= 0.6 is 11.3 Å². The van der Waals surface area contributed by atoms with E-state index < -0.39 is 6.10 Å². The minimum absolute atomic E-state index is 0.0171. The molecule has 2 heterocycles. The molecule has 0 amide bonds. The summed E-state index contributed by atoms with van der Waals surface area (Å²) < 4.78 is 10.6. The van der Waals surface area contributed by atoms with E-state index in [2.05, 4.69) is 4.90 Å². The van der Waals surface area contributed by atoms with Gasteiger partial charge in [-0.15, -0.1) is 11.3 Å². The van der Waals surface area contributed by atoms with E-state index in [1.54, 1.807) is 11.3 Å². The molecular weight excluding hydrogens is 302 g/mol. The molecule has 1 fully saturated rings. The fourth-order valence-electron chi connectivity index (χ4n) is 2.65. The number of hydrogen-bond donors (Lipinski definition) is 1. The lowest BCUT2D eigenvalue weighted by Crippen LogP contribution is -2.41. The van der Waals surface area contributed by atoms with Crippen LogP contribution < -0.4 is 0 Å². The summed E-state index contributed by atoms with van der Waals surface area (Å²) in [4.78, 5) is 15.0. The topological polar surface area (TPSA) is 59.0 Å². The fraction of sp³-hybridized carbons (Fsp3) is 0.688. The lowest BCUT2D eigenvalue weighted by atomic mass is 9.97. The second-order valence-electron chi connectivity index (χ2n) is 5.58. The Hall–Kier alpha value is -0.950. The van der Waals surface area contributed by atoms with E-state index in [-0.39, 0.29) is 11.9 Å². The Morgan fingerprint density at radius 3 is 2.91 bits per heavy atom. The van der Waals surface area contributed by atoms with Gasteiger partial charge in [0.2, 0.25) is 0 Å². The van der Waals surface area contributed by atoms with Crippen LogP contribution in [-0.2, 0) is 20.9 Å². The van der Waals surface area contributed by atoms with Crippen LogP contribution in [0.25, 0.3) is 0 Å². The number of rotatable bonds is 8. The Bertz CT molecular complexity index is 429. The molecule has 1 aromatic heterocycles. The number of thiophene rings is 1. The van der Waals surface area contributed by atoms with Gasteiger partial charge in [-0.2, -0.15) is 0 Å². The number of ether oxygens (including phenoxy) is 2. The summed E-state index contributed by atoms with van der Waals surface area (Å²) in [6.07, 6.45) is 1.13. The van der Waals surface area contributed by atoms with Gasteiger partial charge in [0.15, 0.2) is 0 Å². The van der Waals surface area contributed by atoms with Crippen molar-refractivity contribution in [3.05, 3.63) is 22.4 Å². The van der Waals surface area contributed by atoms with Gasteiger partial charge in [-0.25, -0.2) is 0 Å². The van der Waals surface area contributed by atoms with E-state index in [1.165, 1.54) is 4.88 Å². The van der Waals surface area contributed by atoms with Gasteiger partial charge in [-0.3, -0.25) is 4.79 Å². The van der Waals surface area contributed by atoms with Crippen molar-refractivity contribution in [1.82, 2.24) is 4.90 Å². The molecule has 0 bridgehead atoms. The van der Waals surface area contributed by atoms with Gasteiger partial charge in [-0.05, 0) is 44.3 Å². The first-order valence-electron chi connectivity index (χ1n) is 7.86. The first kappa shape index (κ1) is 17.4. The van der Waals surface area contributed by atoms with E-state index >= 15 is 0 Å². The van der Waals surface area contributed by atoms with Crippen LogP contribution in [-0.4, -0.2) is 54.9 Å². The van der Waals surface area contributed by atoms with Crippen molar-refractivity contribution in [2.75, 3.05) is 32.8 Å². The highest BCUT2D eigenvalue weighted by molar-refractivity contribution is 7.09. The number of piperidine rings is 1. The van der Waals surface area contributed by atoms with Gasteiger partial charge in [-0.1, -0.05) is 6.07 Å². The summed E-state index contributed by atoms with van der Waals surface area (Å²) >= 11 is 1.66. The van der Waals surface area contributed by atoms with E-state index in [4.69, 9.17) is 9.47 Å². The molecule has 6 heteroatoms. The molecule has 2 rings (SSSR count). The van der Waals surface area contributed by atoms with Crippen LogP contribution in [0.2, 0.25) is 0 Å². The second kappa shape index (κ2) is 9.25. The van der Waals surface area contributed by atoms with E-state index in [9.17, 15) is 9.90 Å². The molecule has 1 saturated heterocycles. The molecule has 1 atom stereocenters. The lowest BCUT2D eigenvalue weighted by Gasteiger charge is -2.32. The summed E-state index contributed by atoms with van der Waals surface area (Å²) in [5, 5.41) is 12.1. The molecule has 5 nitrogen and oxygen atoms in total. The SMILES string of the molecule is CCOC(=O)C1CCN(C[C@H](O)COCc2cccs2)CC1. The summed E-state index contributed by atoms with van der Waals surface area (Å²) in [5.74, 6) is -0.0644. The highest BCUT2D eigenvalue weighted by Crippen LogP contribution is 2.19. The maximum atomic E-state index is 11.7. The minimum atomic E-state index is -0.487. The largest absolute Gasteiger partial charge is 0.466 e. The van der Waals surface area contributed by atoms with Crippen LogP contribution in [0.5, 0.6) is 0 Å². The smallest absolute Gasteiger partial charge is 0.309 e. The molecule has 0 radical (unpaired) electrons. The number of carbonyl (C=O) groups is 1. The molecule has 0 aliphatic carbocycles. The van der Waals surface area contributed by atoms with Crippen molar-refractivity contribution in [1.29, 1.82) is 0 Å². The van der Waals surface area contributed by atoms with Gasteiger partial charge in [0, 0.05) is 11.4 Å². The number of aliphatic hydroxyl groups is 1. The lowest BCUT2D eigenvalue weighted by molar-refractivity contribution is -0.149. The highest BCUT2D eigenvalue weighted by atomic mass is 32.1. The monoisotopic (exact) mass is 327 g/mol. The Morgan fingerprint density at radius 1 is 1.50 bits per heavy atom. The van der Waals surface area contributed by atoms with Crippen molar-refractivity contribution >= 4 is 17.3 Å². The van der Waals surface area contributed by atoms with Gasteiger partial charge < -0.3 is 19.5 Å². The third kappa shape index (κ3) is 5.68. The zero-order valence-corrected chi connectivity index (χ0v) is 13.9. The normalized spacial score (nSPS) is 18.3. The number of esters is 1. The van der Waals surface area contributed by atoms with E-state index in [1.807, 2.05) is 24.4 Å². The molecule has 1 aliphatic heterocycles. The second-order valence-corrected chi connectivity index (χ2v) is 6.61. The van der Waals surface area contributed by atoms with Crippen LogP contribution in [0.1, 0.15) is 24.6 Å². The van der Waals surface area contributed by atoms with Crippen LogP contribution in [0, 0.1) is 5.92 Å². The first-order chi connectivity index (χ1) is 10.7. The van der Waals surface area contributed by atoms with Gasteiger partial charge >= 0.3 is 5.97 Å². The van der Waals surface area contributed by atoms with Crippen LogP contribution in [0.4, 0.5) is 0 Å². The molecule has 0 aromatic carbocycles. The average molecular weight is 327 g/mol. The maximum absolute atomic E-state index is 11.7. The molecular formula is C16H25NO4S. The number of nitrogens with zero attached hydrogens (tertiary/aromatic N) is 1. The molecule has 0 unspecified atom stereocenters.